The van der Waals surface area contributed by atoms with Crippen LogP contribution in [0, 0.1) is 0 Å². The molecular weight excluding hydrogens is 487 g/mol. The van der Waals surface area contributed by atoms with E-state index in [1.165, 1.54) is 4.88 Å². The maximum absolute atomic E-state index is 11.9. The van der Waals surface area contributed by atoms with Crippen LogP contribution in [-0.2, 0) is 17.9 Å². The lowest BCUT2D eigenvalue weighted by Gasteiger charge is -2.23. The van der Waals surface area contributed by atoms with Crippen molar-refractivity contribution in [3.8, 4) is 5.75 Å². The Morgan fingerprint density at radius 2 is 1.89 bits per heavy atom. The minimum Gasteiger partial charge on any atom is -0.494 e. The fourth-order valence-electron chi connectivity index (χ4n) is 2.38. The van der Waals surface area contributed by atoms with E-state index in [0.717, 1.165) is 11.3 Å². The van der Waals surface area contributed by atoms with E-state index < -0.39 is 0 Å². The number of hydrogen-bond acceptors (Lipinski definition) is 4. The quantitative estimate of drug-likeness (QED) is 0.332. The monoisotopic (exact) mass is 516 g/mol. The Hall–Kier alpha value is -1.81. The zero-order chi connectivity index (χ0) is 19.6. The average Bonchev–Trinajstić information content (AvgIpc) is 3.16. The molecule has 0 saturated heterocycles. The first kappa shape index (κ1) is 24.2. The van der Waals surface area contributed by atoms with Crippen LogP contribution >= 0.6 is 35.3 Å². The van der Waals surface area contributed by atoms with Crippen LogP contribution < -0.4 is 10.1 Å². The number of rotatable bonds is 8. The SMILES string of the molecule is CCOc1ccc(CN(C)C(=NCC(=O)N(C)C)NCc2cccs2)cc1.I. The van der Waals surface area contributed by atoms with E-state index in [4.69, 9.17) is 4.74 Å². The molecule has 1 aromatic heterocycles. The topological polar surface area (TPSA) is 57.2 Å². The summed E-state index contributed by atoms with van der Waals surface area (Å²) >= 11 is 1.69. The lowest BCUT2D eigenvalue weighted by molar-refractivity contribution is -0.127. The Bertz CT molecular complexity index is 733. The van der Waals surface area contributed by atoms with Crippen molar-refractivity contribution in [3.05, 3.63) is 52.2 Å². The smallest absolute Gasteiger partial charge is 0.243 e. The first-order valence-corrected chi connectivity index (χ1v) is 9.81. The molecule has 0 saturated carbocycles. The van der Waals surface area contributed by atoms with Crippen LogP contribution in [0.1, 0.15) is 17.4 Å². The standard InChI is InChI=1S/C20H28N4O2S.HI/c1-5-26-17-10-8-16(9-11-17)15-24(4)20(22-14-19(25)23(2)3)21-13-18-7-6-12-27-18;/h6-12H,5,13-15H2,1-4H3,(H,21,22);1H. The zero-order valence-electron chi connectivity index (χ0n) is 16.8. The van der Waals surface area contributed by atoms with Gasteiger partial charge < -0.3 is 19.9 Å². The van der Waals surface area contributed by atoms with Crippen LogP contribution in [-0.4, -0.2) is 56.0 Å². The number of aliphatic imine (C=N–C) groups is 1. The van der Waals surface area contributed by atoms with Crippen LogP contribution in [0.15, 0.2) is 46.8 Å². The number of nitrogens with zero attached hydrogens (tertiary/aromatic N) is 3. The molecule has 0 aliphatic carbocycles. The molecule has 0 bridgehead atoms. The molecule has 6 nitrogen and oxygen atoms in total. The Balaban J connectivity index is 0.00000392. The summed E-state index contributed by atoms with van der Waals surface area (Å²) in [6.45, 7) is 4.10. The zero-order valence-corrected chi connectivity index (χ0v) is 20.0. The van der Waals surface area contributed by atoms with Gasteiger partial charge in [0.15, 0.2) is 5.96 Å². The molecular formula is C20H29IN4O2S. The van der Waals surface area contributed by atoms with Gasteiger partial charge >= 0.3 is 0 Å². The Morgan fingerprint density at radius 3 is 2.46 bits per heavy atom. The summed E-state index contributed by atoms with van der Waals surface area (Å²) in [5, 5.41) is 5.41. The summed E-state index contributed by atoms with van der Waals surface area (Å²) in [6.07, 6.45) is 0. The fraction of sp³-hybridized carbons (Fsp3) is 0.400. The summed E-state index contributed by atoms with van der Waals surface area (Å²) in [7, 11) is 5.44. The summed E-state index contributed by atoms with van der Waals surface area (Å²) in [5.74, 6) is 1.54. The van der Waals surface area contributed by atoms with Gasteiger partial charge in [-0.1, -0.05) is 18.2 Å². The first-order valence-electron chi connectivity index (χ1n) is 8.93. The van der Waals surface area contributed by atoms with Crippen LogP contribution in [0.25, 0.3) is 0 Å². The van der Waals surface area contributed by atoms with Gasteiger partial charge in [-0.25, -0.2) is 4.99 Å². The molecule has 1 N–H and O–H groups in total. The van der Waals surface area contributed by atoms with Crippen LogP contribution in [0.3, 0.4) is 0 Å². The second-order valence-electron chi connectivity index (χ2n) is 6.29. The number of guanidine groups is 1. The van der Waals surface area contributed by atoms with Gasteiger partial charge in [-0.15, -0.1) is 35.3 Å². The van der Waals surface area contributed by atoms with Gasteiger partial charge in [0, 0.05) is 32.6 Å². The van der Waals surface area contributed by atoms with Crippen molar-refractivity contribution >= 4 is 47.2 Å². The van der Waals surface area contributed by atoms with Crippen molar-refractivity contribution in [3.63, 3.8) is 0 Å². The van der Waals surface area contributed by atoms with Crippen LogP contribution in [0.2, 0.25) is 0 Å². The van der Waals surface area contributed by atoms with Gasteiger partial charge in [0.2, 0.25) is 5.91 Å². The fourth-order valence-corrected chi connectivity index (χ4v) is 3.03. The summed E-state index contributed by atoms with van der Waals surface area (Å²) < 4.78 is 5.49. The largest absolute Gasteiger partial charge is 0.494 e. The Kier molecular flexibility index (Phi) is 10.9. The number of thiophene rings is 1. The second kappa shape index (κ2) is 12.6. The number of carbonyl (C=O) groups excluding carboxylic acids is 1. The van der Waals surface area contributed by atoms with E-state index in [-0.39, 0.29) is 36.4 Å². The molecule has 0 aliphatic rings. The van der Waals surface area contributed by atoms with Crippen molar-refractivity contribution < 1.29 is 9.53 Å². The van der Waals surface area contributed by atoms with Crippen LogP contribution in [0.5, 0.6) is 5.75 Å². The molecule has 28 heavy (non-hydrogen) atoms. The van der Waals surface area contributed by atoms with Crippen molar-refractivity contribution in [1.29, 1.82) is 0 Å². The number of benzene rings is 1. The molecule has 2 aromatic rings. The summed E-state index contributed by atoms with van der Waals surface area (Å²) in [6, 6.07) is 12.1. The maximum Gasteiger partial charge on any atom is 0.243 e. The van der Waals surface area contributed by atoms with E-state index in [9.17, 15) is 4.79 Å². The van der Waals surface area contributed by atoms with E-state index in [1.807, 2.05) is 54.6 Å². The predicted octanol–water partition coefficient (Wildman–Crippen LogP) is 3.43. The van der Waals surface area contributed by atoms with Gasteiger partial charge in [0.05, 0.1) is 13.2 Å². The molecule has 0 aliphatic heterocycles. The number of ether oxygens (including phenoxy) is 1. The highest BCUT2D eigenvalue weighted by Gasteiger charge is 2.10. The second-order valence-corrected chi connectivity index (χ2v) is 7.33. The van der Waals surface area contributed by atoms with E-state index in [0.29, 0.717) is 25.7 Å². The minimum atomic E-state index is -0.0279. The van der Waals surface area contributed by atoms with E-state index in [2.05, 4.69) is 16.4 Å². The number of likely N-dealkylation sites (N-methyl/N-ethyl adjacent to an activating group) is 1. The number of nitrogens with one attached hydrogen (secondary N) is 1. The summed E-state index contributed by atoms with van der Waals surface area (Å²) in [4.78, 5) is 21.2. The van der Waals surface area contributed by atoms with Gasteiger partial charge in [-0.2, -0.15) is 0 Å². The van der Waals surface area contributed by atoms with Crippen molar-refractivity contribution in [2.75, 3.05) is 34.3 Å². The van der Waals surface area contributed by atoms with Crippen molar-refractivity contribution in [2.24, 2.45) is 4.99 Å². The molecule has 2 rings (SSSR count). The third-order valence-corrected chi connectivity index (χ3v) is 4.76. The van der Waals surface area contributed by atoms with Gasteiger partial charge in [-0.3, -0.25) is 4.79 Å². The lowest BCUT2D eigenvalue weighted by atomic mass is 10.2. The maximum atomic E-state index is 11.9. The highest BCUT2D eigenvalue weighted by molar-refractivity contribution is 14.0. The molecule has 0 radical (unpaired) electrons. The van der Waals surface area contributed by atoms with Crippen LogP contribution in [0.4, 0.5) is 0 Å². The third-order valence-electron chi connectivity index (χ3n) is 3.88. The average molecular weight is 516 g/mol. The Morgan fingerprint density at radius 1 is 1.18 bits per heavy atom. The highest BCUT2D eigenvalue weighted by atomic mass is 127. The number of hydrogen-bond donors (Lipinski definition) is 1. The van der Waals surface area contributed by atoms with Crippen molar-refractivity contribution in [2.45, 2.75) is 20.0 Å². The molecule has 1 aromatic carbocycles. The normalized spacial score (nSPS) is 10.8. The molecule has 0 unspecified atom stereocenters. The lowest BCUT2D eigenvalue weighted by Crippen LogP contribution is -2.39. The van der Waals surface area contributed by atoms with Crippen molar-refractivity contribution in [1.82, 2.24) is 15.1 Å². The number of halogens is 1. The molecule has 1 heterocycles. The number of amides is 1. The highest BCUT2D eigenvalue weighted by Crippen LogP contribution is 2.13. The van der Waals surface area contributed by atoms with Gasteiger partial charge in [-0.05, 0) is 36.1 Å². The van der Waals surface area contributed by atoms with E-state index in [1.54, 1.807) is 30.3 Å². The van der Waals surface area contributed by atoms with E-state index >= 15 is 0 Å². The molecule has 1 amide bonds. The molecule has 0 fully saturated rings. The molecule has 0 atom stereocenters. The first-order chi connectivity index (χ1) is 13.0. The minimum absolute atomic E-state index is 0. The number of carbonyl (C=O) groups is 1. The van der Waals surface area contributed by atoms with Gasteiger partial charge in [0.1, 0.15) is 12.3 Å². The Labute approximate surface area is 188 Å². The molecule has 154 valence electrons. The molecule has 0 spiro atoms. The summed E-state index contributed by atoms with van der Waals surface area (Å²) in [5.41, 5.74) is 1.14. The van der Waals surface area contributed by atoms with Gasteiger partial charge in [0.25, 0.3) is 0 Å². The third kappa shape index (κ3) is 8.05. The predicted molar refractivity (Wildman–Crippen MR) is 127 cm³/mol. The molecule has 8 heteroatoms.